The van der Waals surface area contributed by atoms with E-state index in [1.54, 1.807) is 0 Å². The first-order valence-corrected chi connectivity index (χ1v) is 3.88. The van der Waals surface area contributed by atoms with Crippen LogP contribution < -0.4 is 16.2 Å². The number of benzene rings is 1. The zero-order chi connectivity index (χ0) is 12.5. The van der Waals surface area contributed by atoms with Crippen molar-refractivity contribution in [3.8, 4) is 5.75 Å². The lowest BCUT2D eigenvalue weighted by Gasteiger charge is -2.11. The highest BCUT2D eigenvalue weighted by atomic mass is 19.4. The largest absolute Gasteiger partial charge is 0.573 e. The Balaban J connectivity index is 3.19. The van der Waals surface area contributed by atoms with Gasteiger partial charge >= 0.3 is 12.3 Å². The second-order valence-electron chi connectivity index (χ2n) is 2.83. The van der Waals surface area contributed by atoms with Crippen molar-refractivity contribution in [2.75, 3.05) is 11.5 Å². The van der Waals surface area contributed by atoms with Crippen LogP contribution in [0, 0.1) is 0 Å². The number of anilines is 2. The van der Waals surface area contributed by atoms with Crippen LogP contribution in [0.15, 0.2) is 12.1 Å². The SMILES string of the molecule is Nc1cc(OC(F)(F)F)cc(C(=O)O)c1N. The van der Waals surface area contributed by atoms with Crippen molar-refractivity contribution in [2.24, 2.45) is 0 Å². The summed E-state index contributed by atoms with van der Waals surface area (Å²) < 4.78 is 39.1. The molecular formula is C8H7F3N2O3. The van der Waals surface area contributed by atoms with Gasteiger partial charge in [-0.25, -0.2) is 4.79 Å². The summed E-state index contributed by atoms with van der Waals surface area (Å²) in [5.74, 6) is -2.21. The number of hydrogen-bond acceptors (Lipinski definition) is 4. The minimum Gasteiger partial charge on any atom is -0.478 e. The van der Waals surface area contributed by atoms with Gasteiger partial charge < -0.3 is 21.3 Å². The van der Waals surface area contributed by atoms with Crippen LogP contribution in [0.2, 0.25) is 0 Å². The maximum atomic E-state index is 11.9. The molecule has 0 aliphatic rings. The van der Waals surface area contributed by atoms with Gasteiger partial charge in [0.25, 0.3) is 0 Å². The molecule has 8 heteroatoms. The maximum absolute atomic E-state index is 11.9. The molecule has 0 bridgehead atoms. The van der Waals surface area contributed by atoms with Gasteiger partial charge in [-0.1, -0.05) is 0 Å². The van der Waals surface area contributed by atoms with Crippen molar-refractivity contribution in [1.82, 2.24) is 0 Å². The van der Waals surface area contributed by atoms with Gasteiger partial charge in [0.15, 0.2) is 0 Å². The molecule has 16 heavy (non-hydrogen) atoms. The van der Waals surface area contributed by atoms with Gasteiger partial charge in [0, 0.05) is 6.07 Å². The fraction of sp³-hybridized carbons (Fsp3) is 0.125. The van der Waals surface area contributed by atoms with Crippen molar-refractivity contribution in [2.45, 2.75) is 6.36 Å². The predicted octanol–water partition coefficient (Wildman–Crippen LogP) is 1.45. The van der Waals surface area contributed by atoms with Crippen LogP contribution in [0.1, 0.15) is 10.4 Å². The van der Waals surface area contributed by atoms with Gasteiger partial charge in [0.2, 0.25) is 0 Å². The first-order chi connectivity index (χ1) is 7.20. The van der Waals surface area contributed by atoms with Gasteiger partial charge in [-0.15, -0.1) is 13.2 Å². The van der Waals surface area contributed by atoms with Gasteiger partial charge in [-0.2, -0.15) is 0 Å². The molecule has 5 N–H and O–H groups in total. The van der Waals surface area contributed by atoms with Crippen molar-refractivity contribution >= 4 is 17.3 Å². The number of nitrogen functional groups attached to an aromatic ring is 2. The van der Waals surface area contributed by atoms with Gasteiger partial charge in [-0.3, -0.25) is 0 Å². The lowest BCUT2D eigenvalue weighted by molar-refractivity contribution is -0.274. The zero-order valence-electron chi connectivity index (χ0n) is 7.71. The number of rotatable bonds is 2. The summed E-state index contributed by atoms with van der Waals surface area (Å²) in [5, 5.41) is 8.64. The quantitative estimate of drug-likeness (QED) is 0.675. The van der Waals surface area contributed by atoms with E-state index in [1.165, 1.54) is 0 Å². The third kappa shape index (κ3) is 2.69. The van der Waals surface area contributed by atoms with Crippen LogP contribution >= 0.6 is 0 Å². The van der Waals surface area contributed by atoms with Crippen molar-refractivity contribution in [1.29, 1.82) is 0 Å². The third-order valence-corrected chi connectivity index (χ3v) is 1.65. The standard InChI is InChI=1S/C8H7F3N2O3/c9-8(10,11)16-3-1-4(7(14)15)6(13)5(12)2-3/h1-2H,12-13H2,(H,14,15). The van der Waals surface area contributed by atoms with Crippen molar-refractivity contribution < 1.29 is 27.8 Å². The third-order valence-electron chi connectivity index (χ3n) is 1.65. The number of alkyl halides is 3. The normalized spacial score (nSPS) is 11.2. The minimum absolute atomic E-state index is 0.292. The summed E-state index contributed by atoms with van der Waals surface area (Å²) in [5.41, 5.74) is 9.38. The maximum Gasteiger partial charge on any atom is 0.573 e. The highest BCUT2D eigenvalue weighted by Gasteiger charge is 2.31. The molecule has 0 aliphatic carbocycles. The number of carboxylic acid groups (broad SMARTS) is 1. The van der Waals surface area contributed by atoms with Crippen LogP contribution in [0.4, 0.5) is 24.5 Å². The molecule has 0 amide bonds. The average molecular weight is 236 g/mol. The summed E-state index contributed by atoms with van der Waals surface area (Å²) in [6.45, 7) is 0. The molecule has 0 atom stereocenters. The Bertz CT molecular complexity index is 431. The highest BCUT2D eigenvalue weighted by Crippen LogP contribution is 2.30. The van der Waals surface area contributed by atoms with E-state index in [-0.39, 0.29) is 11.4 Å². The van der Waals surface area contributed by atoms with E-state index >= 15 is 0 Å². The first kappa shape index (κ1) is 12.0. The van der Waals surface area contributed by atoms with Crippen molar-refractivity contribution in [3.63, 3.8) is 0 Å². The van der Waals surface area contributed by atoms with Crippen LogP contribution in [0.25, 0.3) is 0 Å². The lowest BCUT2D eigenvalue weighted by atomic mass is 10.1. The second-order valence-corrected chi connectivity index (χ2v) is 2.83. The topological polar surface area (TPSA) is 98.6 Å². The second kappa shape index (κ2) is 3.80. The molecule has 88 valence electrons. The number of nitrogens with two attached hydrogens (primary N) is 2. The Hall–Kier alpha value is -2.12. The number of ether oxygens (including phenoxy) is 1. The molecule has 1 aromatic rings. The molecule has 0 radical (unpaired) electrons. The molecule has 0 aliphatic heterocycles. The monoisotopic (exact) mass is 236 g/mol. The molecule has 0 saturated carbocycles. The minimum atomic E-state index is -4.92. The molecule has 0 unspecified atom stereocenters. The van der Waals surface area contributed by atoms with Crippen LogP contribution in [-0.2, 0) is 0 Å². The number of aromatic carboxylic acids is 1. The predicted molar refractivity (Wildman–Crippen MR) is 48.9 cm³/mol. The molecule has 0 saturated heterocycles. The summed E-state index contributed by atoms with van der Waals surface area (Å²) in [7, 11) is 0. The van der Waals surface area contributed by atoms with E-state index in [2.05, 4.69) is 4.74 Å². The summed E-state index contributed by atoms with van der Waals surface area (Å²) in [6, 6.07) is 1.46. The summed E-state index contributed by atoms with van der Waals surface area (Å²) in [4.78, 5) is 10.6. The van der Waals surface area contributed by atoms with E-state index in [1.807, 2.05) is 0 Å². The van der Waals surface area contributed by atoms with Crippen LogP contribution in [0.3, 0.4) is 0 Å². The Morgan fingerprint density at radius 3 is 2.31 bits per heavy atom. The highest BCUT2D eigenvalue weighted by molar-refractivity contribution is 5.97. The molecule has 0 aromatic heterocycles. The molecule has 5 nitrogen and oxygen atoms in total. The van der Waals surface area contributed by atoms with E-state index in [0.717, 1.165) is 6.07 Å². The van der Waals surface area contributed by atoms with E-state index in [4.69, 9.17) is 16.6 Å². The molecule has 1 aromatic carbocycles. The summed E-state index contributed by atoms with van der Waals surface area (Å²) in [6.07, 6.45) is -4.92. The van der Waals surface area contributed by atoms with E-state index in [0.29, 0.717) is 6.07 Å². The molecule has 0 heterocycles. The number of carboxylic acids is 1. The van der Waals surface area contributed by atoms with E-state index in [9.17, 15) is 18.0 Å². The Labute approximate surface area is 87.4 Å². The average Bonchev–Trinajstić information content (AvgIpc) is 2.07. The fourth-order valence-corrected chi connectivity index (χ4v) is 1.02. The van der Waals surface area contributed by atoms with Gasteiger partial charge in [-0.05, 0) is 6.07 Å². The van der Waals surface area contributed by atoms with Gasteiger partial charge in [0.1, 0.15) is 5.75 Å². The zero-order valence-corrected chi connectivity index (χ0v) is 7.71. The smallest absolute Gasteiger partial charge is 0.478 e. The number of carbonyl (C=O) groups is 1. The Kier molecular flexibility index (Phi) is 2.84. The number of halogens is 3. The molecule has 1 rings (SSSR count). The Morgan fingerprint density at radius 2 is 1.88 bits per heavy atom. The van der Waals surface area contributed by atoms with Crippen LogP contribution in [0.5, 0.6) is 5.75 Å². The number of hydrogen-bond donors (Lipinski definition) is 3. The first-order valence-electron chi connectivity index (χ1n) is 3.88. The molecular weight excluding hydrogens is 229 g/mol. The lowest BCUT2D eigenvalue weighted by Crippen LogP contribution is -2.18. The van der Waals surface area contributed by atoms with E-state index < -0.39 is 23.6 Å². The Morgan fingerprint density at radius 1 is 1.31 bits per heavy atom. The van der Waals surface area contributed by atoms with Gasteiger partial charge in [0.05, 0.1) is 16.9 Å². The van der Waals surface area contributed by atoms with Crippen LogP contribution in [-0.4, -0.2) is 17.4 Å². The summed E-state index contributed by atoms with van der Waals surface area (Å²) >= 11 is 0. The molecule has 0 fully saturated rings. The molecule has 0 spiro atoms. The van der Waals surface area contributed by atoms with Crippen molar-refractivity contribution in [3.05, 3.63) is 17.7 Å². The fourth-order valence-electron chi connectivity index (χ4n) is 1.02.